The monoisotopic (exact) mass is 400 g/mol. The minimum absolute atomic E-state index is 0.498. The van der Waals surface area contributed by atoms with Crippen LogP contribution in [0.25, 0.3) is 10.8 Å². The maximum atomic E-state index is 13.6. The van der Waals surface area contributed by atoms with Crippen LogP contribution >= 0.6 is 0 Å². The first-order valence-electron chi connectivity index (χ1n) is 9.43. The summed E-state index contributed by atoms with van der Waals surface area (Å²) >= 11 is 0. The van der Waals surface area contributed by atoms with Crippen LogP contribution in [0.15, 0.2) is 70.7 Å². The molecule has 2 rings (SSSR count). The normalized spacial score (nSPS) is 13.6. The molecule has 0 spiro atoms. The molecule has 0 fully saturated rings. The molecule has 0 aliphatic heterocycles. The number of unbranched alkanes of at least 4 members (excludes halogenated alkanes) is 2. The van der Waals surface area contributed by atoms with Crippen LogP contribution in [0.3, 0.4) is 0 Å². The van der Waals surface area contributed by atoms with E-state index in [1.165, 1.54) is 19.4 Å². The van der Waals surface area contributed by atoms with Gasteiger partial charge >= 0.3 is 5.97 Å². The van der Waals surface area contributed by atoms with Gasteiger partial charge in [0.15, 0.2) is 0 Å². The third-order valence-corrected chi connectivity index (χ3v) is 6.21. The Labute approximate surface area is 169 Å². The molecule has 4 nitrogen and oxygen atoms in total. The van der Waals surface area contributed by atoms with Gasteiger partial charge in [-0.05, 0) is 37.1 Å². The minimum atomic E-state index is -1.40. The van der Waals surface area contributed by atoms with Gasteiger partial charge in [0.05, 0.1) is 40.0 Å². The number of esters is 1. The third-order valence-electron chi connectivity index (χ3n) is 4.40. The second kappa shape index (κ2) is 10.2. The Bertz CT molecular complexity index is 891. The number of rotatable bonds is 9. The number of methoxy groups -OCH3 is 1. The van der Waals surface area contributed by atoms with Crippen molar-refractivity contribution in [3.05, 3.63) is 65.8 Å². The largest absolute Gasteiger partial charge is 0.490 e. The lowest BCUT2D eigenvalue weighted by molar-refractivity contribution is -0.135. The fourth-order valence-corrected chi connectivity index (χ4v) is 4.43. The van der Waals surface area contributed by atoms with Crippen molar-refractivity contribution >= 4 is 27.5 Å². The standard InChI is InChI=1S/C23H28O4S/c1-5-6-7-15-21(23(2,3)27-17-16-22(24)26-4)28(25)20-14-10-12-18-11-8-9-13-19(18)20/h8-17H,5-7H2,1-4H3/b17-16+,21-15-. The Morgan fingerprint density at radius 1 is 1.14 bits per heavy atom. The molecule has 1 unspecified atom stereocenters. The summed E-state index contributed by atoms with van der Waals surface area (Å²) in [4.78, 5) is 12.8. The van der Waals surface area contributed by atoms with E-state index in [0.29, 0.717) is 4.91 Å². The number of ether oxygens (including phenoxy) is 2. The van der Waals surface area contributed by atoms with Crippen LogP contribution in [0.2, 0.25) is 0 Å². The van der Waals surface area contributed by atoms with Crippen molar-refractivity contribution in [1.29, 1.82) is 0 Å². The molecule has 28 heavy (non-hydrogen) atoms. The molecule has 150 valence electrons. The van der Waals surface area contributed by atoms with E-state index < -0.39 is 22.4 Å². The average Bonchev–Trinajstić information content (AvgIpc) is 2.69. The van der Waals surface area contributed by atoms with Crippen LogP contribution < -0.4 is 0 Å². The Kier molecular flexibility index (Phi) is 8.00. The Hall–Kier alpha value is -2.40. The predicted octanol–water partition coefficient (Wildman–Crippen LogP) is 5.50. The van der Waals surface area contributed by atoms with Gasteiger partial charge in [-0.3, -0.25) is 0 Å². The summed E-state index contributed by atoms with van der Waals surface area (Å²) in [7, 11) is -0.0896. The maximum Gasteiger partial charge on any atom is 0.333 e. The Morgan fingerprint density at radius 3 is 2.57 bits per heavy atom. The summed E-state index contributed by atoms with van der Waals surface area (Å²) in [6.07, 6.45) is 7.40. The first-order chi connectivity index (χ1) is 13.4. The zero-order valence-corrected chi connectivity index (χ0v) is 17.8. The molecule has 2 aromatic carbocycles. The quantitative estimate of drug-likeness (QED) is 0.241. The maximum absolute atomic E-state index is 13.6. The van der Waals surface area contributed by atoms with Gasteiger partial charge in [0.2, 0.25) is 0 Å². The van der Waals surface area contributed by atoms with Gasteiger partial charge in [0.1, 0.15) is 5.60 Å². The number of carbonyl (C=O) groups is 1. The lowest BCUT2D eigenvalue weighted by atomic mass is 10.1. The summed E-state index contributed by atoms with van der Waals surface area (Å²) < 4.78 is 24.0. The Balaban J connectivity index is 2.41. The molecule has 0 aliphatic carbocycles. The highest BCUT2D eigenvalue weighted by molar-refractivity contribution is 7.89. The van der Waals surface area contributed by atoms with Crippen LogP contribution in [-0.2, 0) is 25.1 Å². The van der Waals surface area contributed by atoms with Crippen LogP contribution in [0.1, 0.15) is 40.0 Å². The lowest BCUT2D eigenvalue weighted by Crippen LogP contribution is -2.28. The van der Waals surface area contributed by atoms with Crippen molar-refractivity contribution in [2.24, 2.45) is 0 Å². The van der Waals surface area contributed by atoms with E-state index in [1.54, 1.807) is 0 Å². The van der Waals surface area contributed by atoms with E-state index in [2.05, 4.69) is 11.7 Å². The summed E-state index contributed by atoms with van der Waals surface area (Å²) in [6, 6.07) is 13.7. The highest BCUT2D eigenvalue weighted by Gasteiger charge is 2.30. The summed E-state index contributed by atoms with van der Waals surface area (Å²) in [5, 5.41) is 2.01. The zero-order chi connectivity index (χ0) is 20.6. The van der Waals surface area contributed by atoms with Crippen LogP contribution in [0.5, 0.6) is 0 Å². The molecule has 0 heterocycles. The van der Waals surface area contributed by atoms with E-state index in [4.69, 9.17) is 4.74 Å². The number of carbonyl (C=O) groups excluding carboxylic acids is 1. The lowest BCUT2D eigenvalue weighted by Gasteiger charge is -2.27. The molecule has 0 radical (unpaired) electrons. The summed E-state index contributed by atoms with van der Waals surface area (Å²) in [5.74, 6) is -0.498. The number of hydrogen-bond donors (Lipinski definition) is 0. The van der Waals surface area contributed by atoms with E-state index in [1.807, 2.05) is 62.4 Å². The van der Waals surface area contributed by atoms with Gasteiger partial charge in [-0.25, -0.2) is 9.00 Å². The molecule has 0 aromatic heterocycles. The molecule has 0 aliphatic rings. The SMILES string of the molecule is CCCC/C=C(\S(=O)c1cccc2ccccc12)C(C)(C)O/C=C/C(=O)OC. The Morgan fingerprint density at radius 2 is 1.86 bits per heavy atom. The number of benzene rings is 2. The van der Waals surface area contributed by atoms with Crippen LogP contribution in [-0.4, -0.2) is 22.9 Å². The number of allylic oxidation sites excluding steroid dienone is 1. The fraction of sp³-hybridized carbons (Fsp3) is 0.348. The molecular formula is C23H28O4S. The van der Waals surface area contributed by atoms with Gasteiger partial charge in [0, 0.05) is 0 Å². The van der Waals surface area contributed by atoms with Crippen molar-refractivity contribution in [2.45, 2.75) is 50.5 Å². The number of hydrogen-bond acceptors (Lipinski definition) is 4. The van der Waals surface area contributed by atoms with Crippen molar-refractivity contribution in [2.75, 3.05) is 7.11 Å². The molecule has 5 heteroatoms. The molecule has 2 aromatic rings. The topological polar surface area (TPSA) is 52.6 Å². The molecule has 0 amide bonds. The second-order valence-electron chi connectivity index (χ2n) is 6.91. The van der Waals surface area contributed by atoms with Crippen LogP contribution in [0, 0.1) is 0 Å². The molecule has 0 saturated heterocycles. The second-order valence-corrected chi connectivity index (χ2v) is 8.33. The number of fused-ring (bicyclic) bond motifs is 1. The average molecular weight is 401 g/mol. The summed E-state index contributed by atoms with van der Waals surface area (Å²) in [6.45, 7) is 5.83. The van der Waals surface area contributed by atoms with Gasteiger partial charge in [-0.1, -0.05) is 62.2 Å². The molecular weight excluding hydrogens is 372 g/mol. The van der Waals surface area contributed by atoms with Crippen molar-refractivity contribution < 1.29 is 18.5 Å². The first kappa shape index (κ1) is 21.9. The zero-order valence-electron chi connectivity index (χ0n) is 16.9. The van der Waals surface area contributed by atoms with Crippen molar-refractivity contribution in [3.8, 4) is 0 Å². The van der Waals surface area contributed by atoms with Crippen molar-refractivity contribution in [3.63, 3.8) is 0 Å². The molecule has 0 saturated carbocycles. The highest BCUT2D eigenvalue weighted by atomic mass is 32.2. The smallest absolute Gasteiger partial charge is 0.333 e. The summed E-state index contributed by atoms with van der Waals surface area (Å²) in [5.41, 5.74) is -0.847. The van der Waals surface area contributed by atoms with E-state index in [0.717, 1.165) is 34.9 Å². The first-order valence-corrected chi connectivity index (χ1v) is 10.6. The molecule has 0 bridgehead atoms. The third kappa shape index (κ3) is 5.55. The fourth-order valence-electron chi connectivity index (χ4n) is 2.84. The van der Waals surface area contributed by atoms with Gasteiger partial charge in [-0.15, -0.1) is 0 Å². The van der Waals surface area contributed by atoms with E-state index in [9.17, 15) is 9.00 Å². The van der Waals surface area contributed by atoms with Crippen LogP contribution in [0.4, 0.5) is 0 Å². The molecule has 1 atom stereocenters. The van der Waals surface area contributed by atoms with Gasteiger partial charge in [0.25, 0.3) is 0 Å². The molecule has 0 N–H and O–H groups in total. The van der Waals surface area contributed by atoms with Gasteiger partial charge in [-0.2, -0.15) is 0 Å². The van der Waals surface area contributed by atoms with Gasteiger partial charge < -0.3 is 9.47 Å². The minimum Gasteiger partial charge on any atom is -0.490 e. The van der Waals surface area contributed by atoms with E-state index >= 15 is 0 Å². The highest BCUT2D eigenvalue weighted by Crippen LogP contribution is 2.32. The predicted molar refractivity (Wildman–Crippen MR) is 114 cm³/mol. The van der Waals surface area contributed by atoms with Crippen molar-refractivity contribution in [1.82, 2.24) is 0 Å². The van der Waals surface area contributed by atoms with E-state index in [-0.39, 0.29) is 0 Å².